The predicted octanol–water partition coefficient (Wildman–Crippen LogP) is 5.45. The molecule has 0 saturated heterocycles. The smallest absolute Gasteiger partial charge is 0.336 e. The van der Waals surface area contributed by atoms with Crippen LogP contribution in [0.25, 0.3) is 0 Å². The van der Waals surface area contributed by atoms with E-state index in [1.807, 2.05) is 44.2 Å². The Morgan fingerprint density at radius 3 is 2.22 bits per heavy atom. The summed E-state index contributed by atoms with van der Waals surface area (Å²) in [4.78, 5) is 37.5. The first-order valence-corrected chi connectivity index (χ1v) is 11.0. The summed E-state index contributed by atoms with van der Waals surface area (Å²) in [5, 5.41) is 14.7. The van der Waals surface area contributed by atoms with Crippen LogP contribution < -0.4 is 10.6 Å². The zero-order valence-corrected chi connectivity index (χ0v) is 18.6. The number of hydrogen-bond acceptors (Lipinski definition) is 4. The number of carboxylic acids is 1. The highest BCUT2D eigenvalue weighted by Crippen LogP contribution is 2.29. The molecule has 0 bridgehead atoms. The Kier molecular flexibility index (Phi) is 7.68. The van der Waals surface area contributed by atoms with Crippen molar-refractivity contribution in [1.29, 1.82) is 0 Å². The summed E-state index contributed by atoms with van der Waals surface area (Å²) < 4.78 is 0. The Labute approximate surface area is 191 Å². The third-order valence-corrected chi connectivity index (χ3v) is 6.11. The Bertz CT molecular complexity index is 1130. The van der Waals surface area contributed by atoms with E-state index in [2.05, 4.69) is 10.6 Å². The van der Waals surface area contributed by atoms with Crippen LogP contribution in [0.3, 0.4) is 0 Å². The van der Waals surface area contributed by atoms with Crippen molar-refractivity contribution in [3.05, 3.63) is 89.5 Å². The van der Waals surface area contributed by atoms with Gasteiger partial charge in [-0.1, -0.05) is 42.8 Å². The Morgan fingerprint density at radius 2 is 1.56 bits per heavy atom. The van der Waals surface area contributed by atoms with Gasteiger partial charge in [0, 0.05) is 16.3 Å². The van der Waals surface area contributed by atoms with Gasteiger partial charge in [0.15, 0.2) is 0 Å². The molecule has 0 aliphatic carbocycles. The van der Waals surface area contributed by atoms with Crippen molar-refractivity contribution in [3.63, 3.8) is 0 Å². The van der Waals surface area contributed by atoms with E-state index >= 15 is 0 Å². The maximum absolute atomic E-state index is 12.7. The average molecular weight is 449 g/mol. The molecule has 0 aliphatic heterocycles. The van der Waals surface area contributed by atoms with E-state index in [0.29, 0.717) is 12.1 Å². The molecule has 0 saturated carbocycles. The van der Waals surface area contributed by atoms with Crippen LogP contribution in [-0.2, 0) is 4.79 Å². The van der Waals surface area contributed by atoms with Gasteiger partial charge >= 0.3 is 5.97 Å². The van der Waals surface area contributed by atoms with Gasteiger partial charge in [0.1, 0.15) is 0 Å². The molecular weight excluding hydrogens is 424 g/mol. The molecule has 3 N–H and O–H groups in total. The third kappa shape index (κ3) is 5.98. The van der Waals surface area contributed by atoms with Crippen molar-refractivity contribution >= 4 is 40.9 Å². The summed E-state index contributed by atoms with van der Waals surface area (Å²) in [5.41, 5.74) is 2.41. The van der Waals surface area contributed by atoms with E-state index in [4.69, 9.17) is 0 Å². The maximum atomic E-state index is 12.7. The molecule has 0 fully saturated rings. The number of aryl methyl sites for hydroxylation is 1. The van der Waals surface area contributed by atoms with E-state index in [1.165, 1.54) is 23.9 Å². The van der Waals surface area contributed by atoms with Crippen molar-refractivity contribution in [2.75, 3.05) is 10.6 Å². The molecule has 6 nitrogen and oxygen atoms in total. The van der Waals surface area contributed by atoms with Crippen molar-refractivity contribution < 1.29 is 19.5 Å². The van der Waals surface area contributed by atoms with Gasteiger partial charge in [-0.15, -0.1) is 11.8 Å². The Balaban J connectivity index is 1.69. The molecule has 3 aromatic carbocycles. The summed E-state index contributed by atoms with van der Waals surface area (Å²) in [7, 11) is 0. The largest absolute Gasteiger partial charge is 0.478 e. The Morgan fingerprint density at radius 1 is 0.875 bits per heavy atom. The van der Waals surface area contributed by atoms with Gasteiger partial charge in [0.05, 0.1) is 16.4 Å². The van der Waals surface area contributed by atoms with Crippen LogP contribution in [0.15, 0.2) is 77.7 Å². The summed E-state index contributed by atoms with van der Waals surface area (Å²) in [5.74, 6) is -1.76. The number of hydrogen-bond donors (Lipinski definition) is 3. The van der Waals surface area contributed by atoms with Crippen LogP contribution in [-0.4, -0.2) is 28.1 Å². The zero-order valence-electron chi connectivity index (χ0n) is 17.8. The van der Waals surface area contributed by atoms with Crippen molar-refractivity contribution in [1.82, 2.24) is 0 Å². The minimum Gasteiger partial charge on any atom is -0.478 e. The third-order valence-electron chi connectivity index (χ3n) is 4.75. The number of thioether (sulfide) groups is 1. The lowest BCUT2D eigenvalue weighted by molar-refractivity contribution is -0.115. The first kappa shape index (κ1) is 23.1. The van der Waals surface area contributed by atoms with Crippen LogP contribution in [0, 0.1) is 6.92 Å². The van der Waals surface area contributed by atoms with E-state index in [9.17, 15) is 19.5 Å². The van der Waals surface area contributed by atoms with Crippen molar-refractivity contribution in [2.45, 2.75) is 30.4 Å². The van der Waals surface area contributed by atoms with Gasteiger partial charge in [-0.3, -0.25) is 9.59 Å². The quantitative estimate of drug-likeness (QED) is 0.398. The zero-order chi connectivity index (χ0) is 23.1. The Hall–Kier alpha value is -3.58. The van der Waals surface area contributed by atoms with Gasteiger partial charge in [0.25, 0.3) is 5.91 Å². The lowest BCUT2D eigenvalue weighted by Crippen LogP contribution is -2.24. The fourth-order valence-corrected chi connectivity index (χ4v) is 4.07. The van der Waals surface area contributed by atoms with Gasteiger partial charge < -0.3 is 15.7 Å². The molecule has 0 spiro atoms. The summed E-state index contributed by atoms with van der Waals surface area (Å²) in [6.45, 7) is 3.93. The van der Waals surface area contributed by atoms with Crippen LogP contribution in [0.5, 0.6) is 0 Å². The molecule has 7 heteroatoms. The molecule has 164 valence electrons. The highest BCUT2D eigenvalue weighted by molar-refractivity contribution is 8.00. The highest BCUT2D eigenvalue weighted by Gasteiger charge is 2.19. The van der Waals surface area contributed by atoms with Crippen LogP contribution >= 0.6 is 11.8 Å². The molecule has 2 amide bonds. The minimum atomic E-state index is -1.16. The predicted molar refractivity (Wildman–Crippen MR) is 128 cm³/mol. The minimum absolute atomic E-state index is 0.0608. The molecule has 1 unspecified atom stereocenters. The number of aromatic carboxylic acids is 1. The number of anilines is 2. The lowest BCUT2D eigenvalue weighted by atomic mass is 10.1. The fourth-order valence-electron chi connectivity index (χ4n) is 3.06. The number of carbonyl (C=O) groups excluding carboxylic acids is 2. The standard InChI is InChI=1S/C25H24N2O4S/c1-3-22(24(29)26-17-13-11-16(2)12-14-17)32-19-8-6-7-18(15-19)27-23(28)20-9-4-5-10-21(20)25(30)31/h4-15,22H,3H2,1-2H3,(H,26,29)(H,27,28)(H,30,31). The van der Waals surface area contributed by atoms with Crippen LogP contribution in [0.2, 0.25) is 0 Å². The van der Waals surface area contributed by atoms with E-state index in [1.54, 1.807) is 30.3 Å². The molecule has 1 atom stereocenters. The van der Waals surface area contributed by atoms with Crippen LogP contribution in [0.4, 0.5) is 11.4 Å². The number of carboxylic acid groups (broad SMARTS) is 1. The topological polar surface area (TPSA) is 95.5 Å². The molecule has 32 heavy (non-hydrogen) atoms. The summed E-state index contributed by atoms with van der Waals surface area (Å²) >= 11 is 1.41. The number of carbonyl (C=O) groups is 3. The highest BCUT2D eigenvalue weighted by atomic mass is 32.2. The lowest BCUT2D eigenvalue weighted by Gasteiger charge is -2.16. The second kappa shape index (κ2) is 10.6. The van der Waals surface area contributed by atoms with Crippen molar-refractivity contribution in [2.24, 2.45) is 0 Å². The first-order valence-electron chi connectivity index (χ1n) is 10.1. The second-order valence-corrected chi connectivity index (χ2v) is 8.48. The van der Waals surface area contributed by atoms with E-state index in [-0.39, 0.29) is 22.3 Å². The normalized spacial score (nSPS) is 11.4. The molecule has 3 rings (SSSR count). The van der Waals surface area contributed by atoms with Gasteiger partial charge in [-0.05, 0) is 55.8 Å². The number of rotatable bonds is 8. The molecule has 0 radical (unpaired) electrons. The summed E-state index contributed by atoms with van der Waals surface area (Å²) in [6.07, 6.45) is 0.630. The number of amides is 2. The van der Waals surface area contributed by atoms with Gasteiger partial charge in [0.2, 0.25) is 5.91 Å². The maximum Gasteiger partial charge on any atom is 0.336 e. The van der Waals surface area contributed by atoms with Crippen LogP contribution in [0.1, 0.15) is 39.6 Å². The molecule has 0 heterocycles. The summed E-state index contributed by atoms with van der Waals surface area (Å²) in [6, 6.07) is 20.8. The molecule has 3 aromatic rings. The molecular formula is C25H24N2O4S. The average Bonchev–Trinajstić information content (AvgIpc) is 2.79. The first-order chi connectivity index (χ1) is 15.4. The van der Waals surface area contributed by atoms with E-state index in [0.717, 1.165) is 16.1 Å². The van der Waals surface area contributed by atoms with E-state index < -0.39 is 11.9 Å². The number of benzene rings is 3. The monoisotopic (exact) mass is 448 g/mol. The second-order valence-electron chi connectivity index (χ2n) is 7.20. The van der Waals surface area contributed by atoms with Crippen molar-refractivity contribution in [3.8, 4) is 0 Å². The number of nitrogens with one attached hydrogen (secondary N) is 2. The SMILES string of the molecule is CCC(Sc1cccc(NC(=O)c2ccccc2C(=O)O)c1)C(=O)Nc1ccc(C)cc1. The van der Waals surface area contributed by atoms with Gasteiger partial charge in [-0.25, -0.2) is 4.79 Å². The molecule has 0 aromatic heterocycles. The molecule has 0 aliphatic rings. The van der Waals surface area contributed by atoms with Gasteiger partial charge in [-0.2, -0.15) is 0 Å². The fraction of sp³-hybridized carbons (Fsp3) is 0.160.